The molecule has 2 rings (SSSR count). The molecule has 0 bridgehead atoms. The third-order valence-electron chi connectivity index (χ3n) is 3.42. The lowest BCUT2D eigenvalue weighted by Gasteiger charge is -2.19. The number of anilines is 1. The van der Waals surface area contributed by atoms with Crippen LogP contribution in [-0.2, 0) is 0 Å². The van der Waals surface area contributed by atoms with Gasteiger partial charge >= 0.3 is 0 Å². The Balaban J connectivity index is 2.34. The summed E-state index contributed by atoms with van der Waals surface area (Å²) in [6.07, 6.45) is 0. The van der Waals surface area contributed by atoms with Gasteiger partial charge in [0.05, 0.1) is 4.92 Å². The molecule has 0 N–H and O–H groups in total. The fourth-order valence-electron chi connectivity index (χ4n) is 2.24. The standard InChI is InChI=1S/C16H16N2O3/c1-11-6-4-5-7-14(11)17(3)16(19)13-8-9-15(18(20)21)12(2)10-13/h4-10H,1-3H3. The summed E-state index contributed by atoms with van der Waals surface area (Å²) in [7, 11) is 1.70. The maximum atomic E-state index is 12.5. The van der Waals surface area contributed by atoms with Crippen LogP contribution in [-0.4, -0.2) is 17.9 Å². The van der Waals surface area contributed by atoms with Crippen LogP contribution < -0.4 is 4.90 Å². The zero-order chi connectivity index (χ0) is 15.6. The molecule has 0 fully saturated rings. The molecule has 0 radical (unpaired) electrons. The summed E-state index contributed by atoms with van der Waals surface area (Å²) in [5.74, 6) is -0.192. The van der Waals surface area contributed by atoms with Crippen LogP contribution in [0.25, 0.3) is 0 Å². The third kappa shape index (κ3) is 2.91. The molecular formula is C16H16N2O3. The molecule has 5 heteroatoms. The van der Waals surface area contributed by atoms with Crippen LogP contribution in [0.15, 0.2) is 42.5 Å². The van der Waals surface area contributed by atoms with Gasteiger partial charge in [-0.25, -0.2) is 0 Å². The molecule has 5 nitrogen and oxygen atoms in total. The molecule has 0 aromatic heterocycles. The SMILES string of the molecule is Cc1ccccc1N(C)C(=O)c1ccc([N+](=O)[O-])c(C)c1. The number of para-hydroxylation sites is 1. The van der Waals surface area contributed by atoms with Gasteiger partial charge in [0.2, 0.25) is 0 Å². The van der Waals surface area contributed by atoms with E-state index in [2.05, 4.69) is 0 Å². The molecule has 0 aliphatic heterocycles. The average molecular weight is 284 g/mol. The fourth-order valence-corrected chi connectivity index (χ4v) is 2.24. The number of amides is 1. The smallest absolute Gasteiger partial charge is 0.272 e. The van der Waals surface area contributed by atoms with Crippen LogP contribution in [0.2, 0.25) is 0 Å². The summed E-state index contributed by atoms with van der Waals surface area (Å²) in [5.41, 5.74) is 2.74. The maximum Gasteiger partial charge on any atom is 0.272 e. The van der Waals surface area contributed by atoms with Crippen molar-refractivity contribution < 1.29 is 9.72 Å². The van der Waals surface area contributed by atoms with Gasteiger partial charge < -0.3 is 4.90 Å². The summed E-state index contributed by atoms with van der Waals surface area (Å²) in [6.45, 7) is 3.56. The van der Waals surface area contributed by atoms with Gasteiger partial charge in [-0.1, -0.05) is 18.2 Å². The van der Waals surface area contributed by atoms with Crippen LogP contribution in [0.5, 0.6) is 0 Å². The first-order valence-corrected chi connectivity index (χ1v) is 6.50. The Kier molecular flexibility index (Phi) is 4.03. The number of nitro benzene ring substituents is 1. The highest BCUT2D eigenvalue weighted by molar-refractivity contribution is 6.06. The largest absolute Gasteiger partial charge is 0.311 e. The Bertz CT molecular complexity index is 710. The van der Waals surface area contributed by atoms with Crippen molar-refractivity contribution in [3.8, 4) is 0 Å². The Morgan fingerprint density at radius 2 is 1.76 bits per heavy atom. The van der Waals surface area contributed by atoms with Crippen molar-refractivity contribution in [3.63, 3.8) is 0 Å². The first kappa shape index (κ1) is 14.7. The fraction of sp³-hybridized carbons (Fsp3) is 0.188. The Morgan fingerprint density at radius 3 is 2.33 bits per heavy atom. The molecule has 2 aromatic rings. The molecule has 0 unspecified atom stereocenters. The zero-order valence-electron chi connectivity index (χ0n) is 12.2. The topological polar surface area (TPSA) is 63.5 Å². The monoisotopic (exact) mass is 284 g/mol. The highest BCUT2D eigenvalue weighted by atomic mass is 16.6. The lowest BCUT2D eigenvalue weighted by Crippen LogP contribution is -2.26. The predicted molar refractivity (Wildman–Crippen MR) is 81.7 cm³/mol. The van der Waals surface area contributed by atoms with Gasteiger partial charge in [-0.2, -0.15) is 0 Å². The molecule has 1 amide bonds. The highest BCUT2D eigenvalue weighted by Crippen LogP contribution is 2.23. The van der Waals surface area contributed by atoms with Gasteiger partial charge in [-0.15, -0.1) is 0 Å². The molecule has 0 heterocycles. The number of carbonyl (C=O) groups excluding carboxylic acids is 1. The molecule has 2 aromatic carbocycles. The summed E-state index contributed by atoms with van der Waals surface area (Å²) in [5, 5.41) is 10.8. The zero-order valence-corrected chi connectivity index (χ0v) is 12.2. The second kappa shape index (κ2) is 5.75. The maximum absolute atomic E-state index is 12.5. The van der Waals surface area contributed by atoms with E-state index in [1.165, 1.54) is 12.1 Å². The van der Waals surface area contributed by atoms with Crippen LogP contribution in [0.4, 0.5) is 11.4 Å². The Labute approximate surface area is 123 Å². The average Bonchev–Trinajstić information content (AvgIpc) is 2.45. The summed E-state index contributed by atoms with van der Waals surface area (Å²) < 4.78 is 0. The van der Waals surface area contributed by atoms with Crippen molar-refractivity contribution in [3.05, 3.63) is 69.3 Å². The van der Waals surface area contributed by atoms with E-state index in [0.717, 1.165) is 11.3 Å². The number of rotatable bonds is 3. The molecule has 0 saturated heterocycles. The first-order valence-electron chi connectivity index (χ1n) is 6.50. The number of hydrogen-bond donors (Lipinski definition) is 0. The van der Waals surface area contributed by atoms with E-state index in [4.69, 9.17) is 0 Å². The molecule has 0 aliphatic carbocycles. The van der Waals surface area contributed by atoms with Gasteiger partial charge in [-0.3, -0.25) is 14.9 Å². The van der Waals surface area contributed by atoms with E-state index < -0.39 is 4.92 Å². The van der Waals surface area contributed by atoms with Gasteiger partial charge in [0, 0.05) is 29.9 Å². The Morgan fingerprint density at radius 1 is 1.10 bits per heavy atom. The quantitative estimate of drug-likeness (QED) is 0.640. The molecule has 0 saturated carbocycles. The number of nitro groups is 1. The van der Waals surface area contributed by atoms with E-state index >= 15 is 0 Å². The predicted octanol–water partition coefficient (Wildman–Crippen LogP) is 3.49. The van der Waals surface area contributed by atoms with E-state index in [-0.39, 0.29) is 11.6 Å². The van der Waals surface area contributed by atoms with Crippen molar-refractivity contribution in [2.45, 2.75) is 13.8 Å². The van der Waals surface area contributed by atoms with Crippen molar-refractivity contribution >= 4 is 17.3 Å². The minimum atomic E-state index is -0.450. The van der Waals surface area contributed by atoms with Crippen LogP contribution in [0, 0.1) is 24.0 Å². The number of aryl methyl sites for hydroxylation is 2. The van der Waals surface area contributed by atoms with E-state index in [9.17, 15) is 14.9 Å². The molecular weight excluding hydrogens is 268 g/mol. The van der Waals surface area contributed by atoms with Crippen molar-refractivity contribution in [2.24, 2.45) is 0 Å². The second-order valence-corrected chi connectivity index (χ2v) is 4.91. The normalized spacial score (nSPS) is 10.2. The van der Waals surface area contributed by atoms with Gasteiger partial charge in [0.25, 0.3) is 11.6 Å². The third-order valence-corrected chi connectivity index (χ3v) is 3.42. The van der Waals surface area contributed by atoms with Gasteiger partial charge in [0.15, 0.2) is 0 Å². The molecule has 108 valence electrons. The Hall–Kier alpha value is -2.69. The van der Waals surface area contributed by atoms with E-state index in [1.54, 1.807) is 24.9 Å². The summed E-state index contributed by atoms with van der Waals surface area (Å²) in [4.78, 5) is 24.4. The molecule has 0 aliphatic rings. The lowest BCUT2D eigenvalue weighted by atomic mass is 10.1. The highest BCUT2D eigenvalue weighted by Gasteiger charge is 2.18. The second-order valence-electron chi connectivity index (χ2n) is 4.91. The van der Waals surface area contributed by atoms with Crippen molar-refractivity contribution in [1.82, 2.24) is 0 Å². The first-order chi connectivity index (χ1) is 9.91. The van der Waals surface area contributed by atoms with Crippen LogP contribution >= 0.6 is 0 Å². The summed E-state index contributed by atoms with van der Waals surface area (Å²) >= 11 is 0. The number of benzene rings is 2. The molecule has 21 heavy (non-hydrogen) atoms. The molecule has 0 spiro atoms. The number of carbonyl (C=O) groups is 1. The van der Waals surface area contributed by atoms with E-state index in [0.29, 0.717) is 11.1 Å². The van der Waals surface area contributed by atoms with Crippen LogP contribution in [0.3, 0.4) is 0 Å². The van der Waals surface area contributed by atoms with Gasteiger partial charge in [-0.05, 0) is 37.6 Å². The summed E-state index contributed by atoms with van der Waals surface area (Å²) in [6, 6.07) is 12.0. The number of nitrogens with zero attached hydrogens (tertiary/aromatic N) is 2. The lowest BCUT2D eigenvalue weighted by molar-refractivity contribution is -0.385. The number of hydrogen-bond acceptors (Lipinski definition) is 3. The van der Waals surface area contributed by atoms with E-state index in [1.807, 2.05) is 31.2 Å². The van der Waals surface area contributed by atoms with Gasteiger partial charge in [0.1, 0.15) is 0 Å². The minimum absolute atomic E-state index is 0.0186. The van der Waals surface area contributed by atoms with Crippen LogP contribution in [0.1, 0.15) is 21.5 Å². The minimum Gasteiger partial charge on any atom is -0.311 e. The van der Waals surface area contributed by atoms with Crippen molar-refractivity contribution in [1.29, 1.82) is 0 Å². The van der Waals surface area contributed by atoms with Crippen molar-refractivity contribution in [2.75, 3.05) is 11.9 Å². The molecule has 0 atom stereocenters.